The van der Waals surface area contributed by atoms with E-state index in [0.29, 0.717) is 28.1 Å². The molecule has 1 N–H and O–H groups in total. The molecule has 1 aromatic heterocycles. The van der Waals surface area contributed by atoms with Gasteiger partial charge in [0.15, 0.2) is 11.5 Å². The Morgan fingerprint density at radius 2 is 1.76 bits per heavy atom. The molecule has 7 heteroatoms. The fraction of sp³-hybridized carbons (Fsp3) is 0.0741. The molecule has 5 rings (SSSR count). The van der Waals surface area contributed by atoms with Crippen molar-refractivity contribution in [1.82, 2.24) is 0 Å². The first-order valence-corrected chi connectivity index (χ1v) is 10.5. The highest BCUT2D eigenvalue weighted by atomic mass is 16.5. The predicted octanol–water partition coefficient (Wildman–Crippen LogP) is 5.10. The van der Waals surface area contributed by atoms with Crippen molar-refractivity contribution in [2.45, 2.75) is 6.04 Å². The van der Waals surface area contributed by atoms with E-state index >= 15 is 0 Å². The summed E-state index contributed by atoms with van der Waals surface area (Å²) in [5, 5.41) is 20.8. The second-order valence-corrected chi connectivity index (χ2v) is 7.72. The van der Waals surface area contributed by atoms with E-state index < -0.39 is 23.5 Å². The molecule has 0 spiro atoms. The summed E-state index contributed by atoms with van der Waals surface area (Å²) in [5.74, 6) is -1.54. The van der Waals surface area contributed by atoms with Crippen molar-refractivity contribution in [3.63, 3.8) is 0 Å². The number of furan rings is 1. The molecule has 4 aromatic rings. The van der Waals surface area contributed by atoms with Crippen LogP contribution in [0.3, 0.4) is 0 Å². The normalized spacial score (nSPS) is 15.6. The minimum Gasteiger partial charge on any atom is -0.503 e. The van der Waals surface area contributed by atoms with Crippen LogP contribution < -0.4 is 9.64 Å². The number of ether oxygens (including phenoxy) is 1. The number of anilines is 1. The van der Waals surface area contributed by atoms with Gasteiger partial charge < -0.3 is 14.3 Å². The maximum atomic E-state index is 13.7. The van der Waals surface area contributed by atoms with Gasteiger partial charge in [0, 0.05) is 16.6 Å². The van der Waals surface area contributed by atoms with Crippen molar-refractivity contribution in [3.05, 3.63) is 107 Å². The molecule has 0 saturated heterocycles. The third kappa shape index (κ3) is 3.29. The number of methoxy groups -OCH3 is 1. The topological polar surface area (TPSA) is 104 Å². The number of aliphatic hydroxyl groups is 1. The van der Waals surface area contributed by atoms with Crippen LogP contribution in [0.2, 0.25) is 0 Å². The van der Waals surface area contributed by atoms with Crippen LogP contribution in [0.25, 0.3) is 11.0 Å². The number of ketones is 1. The lowest BCUT2D eigenvalue weighted by atomic mass is 9.94. The average molecular weight is 450 g/mol. The highest BCUT2D eigenvalue weighted by Crippen LogP contribution is 2.45. The molecule has 0 bridgehead atoms. The maximum absolute atomic E-state index is 13.7. The molecule has 1 unspecified atom stereocenters. The number of nitrogens with zero attached hydrogens (tertiary/aromatic N) is 2. The van der Waals surface area contributed by atoms with Crippen molar-refractivity contribution in [3.8, 4) is 11.8 Å². The quantitative estimate of drug-likeness (QED) is 0.425. The smallest absolute Gasteiger partial charge is 0.294 e. The Hall–Kier alpha value is -4.83. The lowest BCUT2D eigenvalue weighted by Gasteiger charge is -2.27. The van der Waals surface area contributed by atoms with Crippen LogP contribution in [0.4, 0.5) is 5.69 Å². The second kappa shape index (κ2) is 8.26. The van der Waals surface area contributed by atoms with Crippen molar-refractivity contribution in [2.75, 3.05) is 12.0 Å². The third-order valence-electron chi connectivity index (χ3n) is 5.81. The minimum atomic E-state index is -0.975. The number of Topliss-reactive ketones (excluding diaryl/α,β-unsaturated/α-hetero) is 1. The van der Waals surface area contributed by atoms with E-state index in [1.807, 2.05) is 18.2 Å². The largest absolute Gasteiger partial charge is 0.503 e. The monoisotopic (exact) mass is 450 g/mol. The molecule has 0 aliphatic carbocycles. The fourth-order valence-corrected chi connectivity index (χ4v) is 4.21. The number of benzene rings is 3. The van der Waals surface area contributed by atoms with Crippen molar-refractivity contribution >= 4 is 28.3 Å². The zero-order chi connectivity index (χ0) is 23.8. The summed E-state index contributed by atoms with van der Waals surface area (Å²) >= 11 is 0. The number of hydrogen-bond acceptors (Lipinski definition) is 6. The van der Waals surface area contributed by atoms with Crippen LogP contribution in [0.15, 0.2) is 94.6 Å². The van der Waals surface area contributed by atoms with E-state index in [0.717, 1.165) is 5.39 Å². The SMILES string of the molecule is COc1ccccc1C1C(C(=O)c2cc3ccccc3o2)=C(O)C(=O)N1c1ccc(C#N)cc1. The molecular weight excluding hydrogens is 432 g/mol. The fourth-order valence-electron chi connectivity index (χ4n) is 4.21. The van der Waals surface area contributed by atoms with E-state index in [4.69, 9.17) is 14.4 Å². The highest BCUT2D eigenvalue weighted by molar-refractivity contribution is 6.20. The van der Waals surface area contributed by atoms with Gasteiger partial charge in [-0.25, -0.2) is 0 Å². The maximum Gasteiger partial charge on any atom is 0.294 e. The van der Waals surface area contributed by atoms with Gasteiger partial charge in [0.2, 0.25) is 5.78 Å². The average Bonchev–Trinajstić information content (AvgIpc) is 3.43. The van der Waals surface area contributed by atoms with E-state index in [2.05, 4.69) is 0 Å². The number of amides is 1. The summed E-state index contributed by atoms with van der Waals surface area (Å²) < 4.78 is 11.3. The van der Waals surface area contributed by atoms with Gasteiger partial charge in [-0.3, -0.25) is 14.5 Å². The zero-order valence-electron chi connectivity index (χ0n) is 18.1. The molecule has 0 radical (unpaired) electrons. The van der Waals surface area contributed by atoms with Gasteiger partial charge in [-0.05, 0) is 42.5 Å². The summed E-state index contributed by atoms with van der Waals surface area (Å²) in [5.41, 5.74) is 1.76. The van der Waals surface area contributed by atoms with Crippen molar-refractivity contribution in [2.24, 2.45) is 0 Å². The van der Waals surface area contributed by atoms with Gasteiger partial charge in [-0.1, -0.05) is 36.4 Å². The Morgan fingerprint density at radius 3 is 2.47 bits per heavy atom. The number of nitriles is 1. The first-order chi connectivity index (χ1) is 16.5. The van der Waals surface area contributed by atoms with Gasteiger partial charge >= 0.3 is 0 Å². The van der Waals surface area contributed by atoms with E-state index in [9.17, 15) is 14.7 Å². The number of carbonyl (C=O) groups is 2. The molecule has 1 aliphatic rings. The molecular formula is C27H18N2O5. The summed E-state index contributed by atoms with van der Waals surface area (Å²) in [4.78, 5) is 28.3. The van der Waals surface area contributed by atoms with E-state index in [-0.39, 0.29) is 11.3 Å². The Balaban J connectivity index is 1.68. The Kier molecular flexibility index (Phi) is 5.11. The van der Waals surface area contributed by atoms with E-state index in [1.165, 1.54) is 12.0 Å². The summed E-state index contributed by atoms with van der Waals surface area (Å²) in [6, 6.07) is 23.1. The lowest BCUT2D eigenvalue weighted by Crippen LogP contribution is -2.31. The van der Waals surface area contributed by atoms with Gasteiger partial charge in [-0.2, -0.15) is 5.26 Å². The predicted molar refractivity (Wildman–Crippen MR) is 125 cm³/mol. The van der Waals surface area contributed by atoms with Crippen LogP contribution in [0, 0.1) is 11.3 Å². The highest BCUT2D eigenvalue weighted by Gasteiger charge is 2.46. The van der Waals surface area contributed by atoms with Gasteiger partial charge in [-0.15, -0.1) is 0 Å². The number of rotatable bonds is 5. The molecule has 7 nitrogen and oxygen atoms in total. The standard InChI is InChI=1S/C27H18N2O5/c1-33-21-9-5-3-7-19(21)24-23(25(30)22-14-17-6-2-4-8-20(17)34-22)26(31)27(32)29(24)18-12-10-16(15-28)11-13-18/h2-14,24,31H,1H3. The minimum absolute atomic E-state index is 0.0112. The summed E-state index contributed by atoms with van der Waals surface area (Å²) in [6.45, 7) is 0. The molecule has 1 amide bonds. The molecule has 1 atom stereocenters. The van der Waals surface area contributed by atoms with Gasteiger partial charge in [0.05, 0.1) is 30.4 Å². The first-order valence-electron chi connectivity index (χ1n) is 10.5. The van der Waals surface area contributed by atoms with Crippen LogP contribution in [0.1, 0.15) is 27.7 Å². The Labute approximate surface area is 194 Å². The Bertz CT molecular complexity index is 1480. The number of fused-ring (bicyclic) bond motifs is 1. The zero-order valence-corrected chi connectivity index (χ0v) is 18.1. The molecule has 0 fully saturated rings. The van der Waals surface area contributed by atoms with Crippen molar-refractivity contribution < 1.29 is 23.8 Å². The van der Waals surface area contributed by atoms with Crippen molar-refractivity contribution in [1.29, 1.82) is 5.26 Å². The van der Waals surface area contributed by atoms with Crippen LogP contribution in [0.5, 0.6) is 5.75 Å². The number of hydrogen-bond donors (Lipinski definition) is 1. The molecule has 1 aliphatic heterocycles. The Morgan fingerprint density at radius 1 is 1.06 bits per heavy atom. The summed E-state index contributed by atoms with van der Waals surface area (Å²) in [6.07, 6.45) is 0. The number of para-hydroxylation sites is 2. The van der Waals surface area contributed by atoms with Crippen LogP contribution in [-0.2, 0) is 4.79 Å². The molecule has 3 aromatic carbocycles. The van der Waals surface area contributed by atoms with Crippen LogP contribution in [-0.4, -0.2) is 23.9 Å². The van der Waals surface area contributed by atoms with E-state index in [1.54, 1.807) is 66.7 Å². The van der Waals surface area contributed by atoms with Gasteiger partial charge in [0.1, 0.15) is 11.3 Å². The first kappa shape index (κ1) is 21.0. The second-order valence-electron chi connectivity index (χ2n) is 7.72. The number of aliphatic hydroxyl groups excluding tert-OH is 1. The third-order valence-corrected chi connectivity index (χ3v) is 5.81. The lowest BCUT2D eigenvalue weighted by molar-refractivity contribution is -0.117. The number of carbonyl (C=O) groups excluding carboxylic acids is 2. The molecule has 0 saturated carbocycles. The summed E-state index contributed by atoms with van der Waals surface area (Å²) in [7, 11) is 1.49. The molecule has 34 heavy (non-hydrogen) atoms. The van der Waals surface area contributed by atoms with Gasteiger partial charge in [0.25, 0.3) is 5.91 Å². The molecule has 166 valence electrons. The molecule has 2 heterocycles. The van der Waals surface area contributed by atoms with Crippen LogP contribution >= 0.6 is 0 Å².